The number of aliphatic imine (C=N–C) groups is 1. The van der Waals surface area contributed by atoms with Crippen molar-refractivity contribution in [1.82, 2.24) is 15.5 Å². The predicted octanol–water partition coefficient (Wildman–Crippen LogP) is -0.424. The number of guanidine groups is 1. The molecule has 16 heavy (non-hydrogen) atoms. The highest BCUT2D eigenvalue weighted by Crippen LogP contribution is 2.02. The number of hydrogen-bond donors (Lipinski definition) is 3. The second-order valence-corrected chi connectivity index (χ2v) is 3.71. The number of rotatable bonds is 6. The topological polar surface area (TPSA) is 77.0 Å². The van der Waals surface area contributed by atoms with Crippen LogP contribution in [0.1, 0.15) is 12.8 Å². The molecule has 0 aliphatic carbocycles. The molecule has 0 rings (SSSR count). The number of aliphatic carboxylic acids is 1. The first kappa shape index (κ1) is 14.7. The van der Waals surface area contributed by atoms with E-state index in [0.717, 1.165) is 12.4 Å². The maximum atomic E-state index is 10.9. The van der Waals surface area contributed by atoms with Crippen molar-refractivity contribution in [2.75, 3.05) is 34.7 Å². The monoisotopic (exact) mass is 230 g/mol. The normalized spacial score (nSPS) is 13.7. The fourth-order valence-electron chi connectivity index (χ4n) is 1.38. The summed E-state index contributed by atoms with van der Waals surface area (Å²) in [4.78, 5) is 16.6. The van der Waals surface area contributed by atoms with Gasteiger partial charge in [0.1, 0.15) is 6.04 Å². The van der Waals surface area contributed by atoms with Gasteiger partial charge in [-0.1, -0.05) is 0 Å². The third-order valence-corrected chi connectivity index (χ3v) is 2.32. The maximum absolute atomic E-state index is 10.9. The van der Waals surface area contributed by atoms with Crippen LogP contribution in [0.15, 0.2) is 4.99 Å². The van der Waals surface area contributed by atoms with E-state index in [1.165, 1.54) is 0 Å². The molecule has 6 heteroatoms. The maximum Gasteiger partial charge on any atom is 0.320 e. The van der Waals surface area contributed by atoms with Gasteiger partial charge in [0.25, 0.3) is 0 Å². The molecule has 0 fully saturated rings. The van der Waals surface area contributed by atoms with E-state index in [0.29, 0.717) is 13.0 Å². The van der Waals surface area contributed by atoms with E-state index in [4.69, 9.17) is 5.11 Å². The van der Waals surface area contributed by atoms with E-state index in [1.54, 1.807) is 33.1 Å². The second-order valence-electron chi connectivity index (χ2n) is 3.71. The van der Waals surface area contributed by atoms with E-state index in [9.17, 15) is 4.79 Å². The van der Waals surface area contributed by atoms with Crippen molar-refractivity contribution >= 4 is 11.9 Å². The van der Waals surface area contributed by atoms with Crippen molar-refractivity contribution in [2.45, 2.75) is 18.9 Å². The third-order valence-electron chi connectivity index (χ3n) is 2.32. The minimum Gasteiger partial charge on any atom is -0.480 e. The van der Waals surface area contributed by atoms with E-state index >= 15 is 0 Å². The smallest absolute Gasteiger partial charge is 0.320 e. The Balaban J connectivity index is 3.83. The molecule has 0 saturated carbocycles. The minimum atomic E-state index is -0.775. The number of nitrogens with one attached hydrogen (secondary N) is 2. The van der Waals surface area contributed by atoms with Crippen LogP contribution in [-0.2, 0) is 4.79 Å². The summed E-state index contributed by atoms with van der Waals surface area (Å²) >= 11 is 0. The lowest BCUT2D eigenvalue weighted by molar-refractivity contribution is -0.142. The summed E-state index contributed by atoms with van der Waals surface area (Å²) in [5.41, 5.74) is 0. The van der Waals surface area contributed by atoms with Gasteiger partial charge in [-0.2, -0.15) is 0 Å². The molecule has 0 spiro atoms. The van der Waals surface area contributed by atoms with E-state index in [1.807, 2.05) is 0 Å². The minimum absolute atomic E-state index is 0.418. The van der Waals surface area contributed by atoms with E-state index < -0.39 is 12.0 Å². The molecule has 3 N–H and O–H groups in total. The first-order valence-electron chi connectivity index (χ1n) is 5.30. The van der Waals surface area contributed by atoms with Crippen LogP contribution >= 0.6 is 0 Å². The standard InChI is InChI=1S/C10H22N4O2/c1-11-10(12-2)13-7-5-6-8(9(15)16)14(3)4/h8H,5-7H2,1-4H3,(H,15,16)(H2,11,12,13)/t8-/m0/s1. The molecule has 94 valence electrons. The van der Waals surface area contributed by atoms with Crippen molar-refractivity contribution in [3.05, 3.63) is 0 Å². The number of nitrogens with zero attached hydrogens (tertiary/aromatic N) is 2. The highest BCUT2D eigenvalue weighted by Gasteiger charge is 2.18. The summed E-state index contributed by atoms with van der Waals surface area (Å²) in [5, 5.41) is 14.9. The van der Waals surface area contributed by atoms with Crippen LogP contribution < -0.4 is 10.6 Å². The van der Waals surface area contributed by atoms with Gasteiger partial charge in [-0.15, -0.1) is 0 Å². The number of hydrogen-bond acceptors (Lipinski definition) is 3. The Hall–Kier alpha value is -1.30. The summed E-state index contributed by atoms with van der Waals surface area (Å²) in [6, 6.07) is -0.418. The molecular weight excluding hydrogens is 208 g/mol. The fourth-order valence-corrected chi connectivity index (χ4v) is 1.38. The van der Waals surface area contributed by atoms with E-state index in [-0.39, 0.29) is 0 Å². The zero-order chi connectivity index (χ0) is 12.6. The predicted molar refractivity (Wildman–Crippen MR) is 64.8 cm³/mol. The van der Waals surface area contributed by atoms with Crippen molar-refractivity contribution in [1.29, 1.82) is 0 Å². The van der Waals surface area contributed by atoms with Crippen molar-refractivity contribution in [3.8, 4) is 0 Å². The fraction of sp³-hybridized carbons (Fsp3) is 0.800. The van der Waals surface area contributed by atoms with Crippen LogP contribution in [0, 0.1) is 0 Å². The van der Waals surface area contributed by atoms with Crippen LogP contribution in [0.3, 0.4) is 0 Å². The number of carboxylic acids is 1. The molecule has 0 aliphatic rings. The molecule has 0 amide bonds. The average molecular weight is 230 g/mol. The number of carbonyl (C=O) groups is 1. The van der Waals surface area contributed by atoms with E-state index in [2.05, 4.69) is 15.6 Å². The number of carboxylic acid groups (broad SMARTS) is 1. The summed E-state index contributed by atoms with van der Waals surface area (Å²) in [5.74, 6) is -0.0558. The molecule has 0 aromatic rings. The third kappa shape index (κ3) is 5.55. The van der Waals surface area contributed by atoms with Crippen LogP contribution in [0.2, 0.25) is 0 Å². The Bertz CT molecular complexity index is 241. The molecule has 0 radical (unpaired) electrons. The second kappa shape index (κ2) is 7.92. The molecule has 0 aromatic carbocycles. The van der Waals surface area contributed by atoms with Crippen molar-refractivity contribution in [3.63, 3.8) is 0 Å². The van der Waals surface area contributed by atoms with Crippen LogP contribution in [-0.4, -0.2) is 62.7 Å². The van der Waals surface area contributed by atoms with Crippen LogP contribution in [0.4, 0.5) is 0 Å². The van der Waals surface area contributed by atoms with Gasteiger partial charge in [0, 0.05) is 20.6 Å². The Morgan fingerprint density at radius 1 is 1.50 bits per heavy atom. The van der Waals surface area contributed by atoms with Gasteiger partial charge in [0.2, 0.25) is 0 Å². The first-order chi connectivity index (χ1) is 7.52. The lowest BCUT2D eigenvalue weighted by atomic mass is 10.1. The Labute approximate surface area is 96.7 Å². The van der Waals surface area contributed by atoms with Crippen LogP contribution in [0.25, 0.3) is 0 Å². The molecule has 0 unspecified atom stereocenters. The zero-order valence-corrected chi connectivity index (χ0v) is 10.4. The molecular formula is C10H22N4O2. The van der Waals surface area contributed by atoms with Gasteiger partial charge in [-0.05, 0) is 26.9 Å². The average Bonchev–Trinajstić information content (AvgIpc) is 2.22. The molecule has 6 nitrogen and oxygen atoms in total. The zero-order valence-electron chi connectivity index (χ0n) is 10.4. The summed E-state index contributed by atoms with van der Waals surface area (Å²) in [7, 11) is 7.03. The molecule has 0 saturated heterocycles. The molecule has 0 aliphatic heterocycles. The lowest BCUT2D eigenvalue weighted by Crippen LogP contribution is -2.38. The largest absolute Gasteiger partial charge is 0.480 e. The Kier molecular flexibility index (Phi) is 7.28. The highest BCUT2D eigenvalue weighted by molar-refractivity contribution is 5.79. The van der Waals surface area contributed by atoms with Gasteiger partial charge in [-0.3, -0.25) is 14.7 Å². The van der Waals surface area contributed by atoms with Gasteiger partial charge in [-0.25, -0.2) is 0 Å². The lowest BCUT2D eigenvalue weighted by Gasteiger charge is -2.19. The molecule has 0 heterocycles. The molecule has 1 atom stereocenters. The Morgan fingerprint density at radius 3 is 2.50 bits per heavy atom. The van der Waals surface area contributed by atoms with Gasteiger partial charge >= 0.3 is 5.97 Å². The summed E-state index contributed by atoms with van der Waals surface area (Å²) in [6.45, 7) is 0.713. The Morgan fingerprint density at radius 2 is 2.12 bits per heavy atom. The molecule has 0 bridgehead atoms. The van der Waals surface area contributed by atoms with Gasteiger partial charge < -0.3 is 15.7 Å². The SMILES string of the molecule is CN=C(NC)NCCC[C@@H](C(=O)O)N(C)C. The van der Waals surface area contributed by atoms with Crippen molar-refractivity contribution < 1.29 is 9.90 Å². The van der Waals surface area contributed by atoms with Gasteiger partial charge in [0.05, 0.1) is 0 Å². The summed E-state index contributed by atoms with van der Waals surface area (Å²) < 4.78 is 0. The first-order valence-corrected chi connectivity index (χ1v) is 5.30. The number of likely N-dealkylation sites (N-methyl/N-ethyl adjacent to an activating group) is 1. The van der Waals surface area contributed by atoms with Crippen LogP contribution in [0.5, 0.6) is 0 Å². The van der Waals surface area contributed by atoms with Gasteiger partial charge in [0.15, 0.2) is 5.96 Å². The van der Waals surface area contributed by atoms with Crippen molar-refractivity contribution in [2.24, 2.45) is 4.99 Å². The summed E-state index contributed by atoms with van der Waals surface area (Å²) in [6.07, 6.45) is 1.41. The molecule has 0 aromatic heterocycles. The highest BCUT2D eigenvalue weighted by atomic mass is 16.4. The quantitative estimate of drug-likeness (QED) is 0.328.